The Morgan fingerprint density at radius 2 is 1.75 bits per heavy atom. The van der Waals surface area contributed by atoms with Gasteiger partial charge in [0, 0.05) is 0 Å². The summed E-state index contributed by atoms with van der Waals surface area (Å²) in [6.45, 7) is 17.8. The molecule has 1 aliphatic heterocycles. The number of aliphatic hydroxyl groups is 1. The van der Waals surface area contributed by atoms with E-state index in [-0.39, 0.29) is 17.1 Å². The molecular weight excluding hydrogens is 344 g/mol. The molecule has 0 saturated carbocycles. The molecular formula is C26H44O2. The quantitative estimate of drug-likeness (QED) is 0.509. The maximum atomic E-state index is 9.28. The predicted octanol–water partition coefficient (Wildman–Crippen LogP) is 7.14. The summed E-state index contributed by atoms with van der Waals surface area (Å²) in [5, 5.41) is 9.28. The summed E-state index contributed by atoms with van der Waals surface area (Å²) in [5.74, 6) is 0. The molecule has 2 nitrogen and oxygen atoms in total. The predicted molar refractivity (Wildman–Crippen MR) is 120 cm³/mol. The van der Waals surface area contributed by atoms with E-state index in [4.69, 9.17) is 4.74 Å². The second-order valence-electron chi connectivity index (χ2n) is 10.6. The second-order valence-corrected chi connectivity index (χ2v) is 10.6. The van der Waals surface area contributed by atoms with E-state index < -0.39 is 0 Å². The van der Waals surface area contributed by atoms with Crippen LogP contribution < -0.4 is 0 Å². The Kier molecular flexibility index (Phi) is 7.42. The van der Waals surface area contributed by atoms with Gasteiger partial charge in [0.05, 0.1) is 17.8 Å². The first kappa shape index (κ1) is 23.4. The molecule has 1 spiro atoms. The van der Waals surface area contributed by atoms with Crippen LogP contribution in [0, 0.1) is 10.8 Å². The average Bonchev–Trinajstić information content (AvgIpc) is 2.96. The molecule has 1 saturated heterocycles. The van der Waals surface area contributed by atoms with E-state index in [0.29, 0.717) is 11.5 Å². The fourth-order valence-corrected chi connectivity index (χ4v) is 5.36. The van der Waals surface area contributed by atoms with Crippen LogP contribution in [-0.2, 0) is 4.74 Å². The van der Waals surface area contributed by atoms with E-state index in [9.17, 15) is 5.11 Å². The van der Waals surface area contributed by atoms with E-state index in [1.54, 1.807) is 0 Å². The molecule has 2 heteroatoms. The fourth-order valence-electron chi connectivity index (χ4n) is 5.36. The van der Waals surface area contributed by atoms with Crippen LogP contribution in [-0.4, -0.2) is 22.9 Å². The molecule has 1 unspecified atom stereocenters. The number of hydrogen-bond acceptors (Lipinski definition) is 2. The van der Waals surface area contributed by atoms with Gasteiger partial charge in [-0.15, -0.1) is 0 Å². The lowest BCUT2D eigenvalue weighted by atomic mass is 9.64. The van der Waals surface area contributed by atoms with Crippen LogP contribution in [0.5, 0.6) is 0 Å². The lowest BCUT2D eigenvalue weighted by molar-refractivity contribution is -0.0912. The summed E-state index contributed by atoms with van der Waals surface area (Å²) in [6.07, 6.45) is 15.2. The summed E-state index contributed by atoms with van der Waals surface area (Å²) >= 11 is 0. The molecule has 0 aromatic rings. The van der Waals surface area contributed by atoms with Gasteiger partial charge < -0.3 is 9.84 Å². The summed E-state index contributed by atoms with van der Waals surface area (Å²) in [6, 6.07) is 0. The van der Waals surface area contributed by atoms with E-state index >= 15 is 0 Å². The minimum absolute atomic E-state index is 0.0602. The highest BCUT2D eigenvalue weighted by molar-refractivity contribution is 5.36. The Balaban J connectivity index is 0.000000200. The minimum atomic E-state index is -0.229. The van der Waals surface area contributed by atoms with Crippen LogP contribution in [0.4, 0.5) is 0 Å². The highest BCUT2D eigenvalue weighted by atomic mass is 16.5. The van der Waals surface area contributed by atoms with Gasteiger partial charge in [-0.3, -0.25) is 0 Å². The zero-order chi connectivity index (χ0) is 21.2. The van der Waals surface area contributed by atoms with Crippen LogP contribution >= 0.6 is 0 Å². The first-order valence-electron chi connectivity index (χ1n) is 11.3. The highest BCUT2D eigenvalue weighted by Gasteiger charge is 2.52. The lowest BCUT2D eigenvalue weighted by Gasteiger charge is -2.47. The monoisotopic (exact) mass is 388 g/mol. The zero-order valence-electron chi connectivity index (χ0n) is 19.7. The van der Waals surface area contributed by atoms with Gasteiger partial charge >= 0.3 is 0 Å². The van der Waals surface area contributed by atoms with Crippen LogP contribution in [0.25, 0.3) is 0 Å². The van der Waals surface area contributed by atoms with Gasteiger partial charge in [-0.05, 0) is 94.6 Å². The summed E-state index contributed by atoms with van der Waals surface area (Å²) in [7, 11) is 0. The third-order valence-electron chi connectivity index (χ3n) is 7.29. The number of ether oxygens (including phenoxy) is 1. The van der Waals surface area contributed by atoms with Gasteiger partial charge in [-0.25, -0.2) is 0 Å². The van der Waals surface area contributed by atoms with Crippen molar-refractivity contribution in [3.63, 3.8) is 0 Å². The molecule has 3 rings (SSSR count). The van der Waals surface area contributed by atoms with Crippen molar-refractivity contribution in [3.8, 4) is 0 Å². The van der Waals surface area contributed by atoms with Crippen molar-refractivity contribution >= 4 is 0 Å². The van der Waals surface area contributed by atoms with E-state index in [1.807, 2.05) is 6.92 Å². The first-order valence-corrected chi connectivity index (χ1v) is 11.3. The van der Waals surface area contributed by atoms with Gasteiger partial charge in [0.15, 0.2) is 0 Å². The van der Waals surface area contributed by atoms with E-state index in [0.717, 1.165) is 6.42 Å². The largest absolute Gasteiger partial charge is 0.393 e. The van der Waals surface area contributed by atoms with E-state index in [2.05, 4.69) is 66.7 Å². The average molecular weight is 389 g/mol. The molecule has 1 heterocycles. The molecule has 3 atom stereocenters. The van der Waals surface area contributed by atoms with Crippen molar-refractivity contribution in [1.29, 1.82) is 0 Å². The molecule has 2 aliphatic carbocycles. The minimum Gasteiger partial charge on any atom is -0.393 e. The SMILES string of the molecule is CC1=CCCC(C)(C)/C1=C/C[C@@H](C)O.CC1=CCCC(C)(C)C12CC[C@@H](C)O2. The number of aliphatic hydroxyl groups excluding tert-OH is 1. The van der Waals surface area contributed by atoms with E-state index in [1.165, 1.54) is 55.2 Å². The maximum Gasteiger partial charge on any atom is 0.0944 e. The Hall–Kier alpha value is -0.860. The molecule has 3 aliphatic rings. The van der Waals surface area contributed by atoms with Crippen LogP contribution in [0.2, 0.25) is 0 Å². The number of rotatable bonds is 2. The Morgan fingerprint density at radius 3 is 2.25 bits per heavy atom. The lowest BCUT2D eigenvalue weighted by Crippen LogP contribution is -2.47. The molecule has 28 heavy (non-hydrogen) atoms. The maximum absolute atomic E-state index is 9.28. The van der Waals surface area contributed by atoms with Crippen molar-refractivity contribution in [2.75, 3.05) is 0 Å². The topological polar surface area (TPSA) is 29.5 Å². The summed E-state index contributed by atoms with van der Waals surface area (Å²) in [4.78, 5) is 0. The third-order valence-corrected chi connectivity index (χ3v) is 7.29. The third kappa shape index (κ3) is 5.00. The molecule has 0 radical (unpaired) electrons. The molecule has 0 aromatic heterocycles. The van der Waals surface area contributed by atoms with Gasteiger partial charge in [0.2, 0.25) is 0 Å². The molecule has 0 aromatic carbocycles. The summed E-state index contributed by atoms with van der Waals surface area (Å²) in [5.41, 5.74) is 4.94. The van der Waals surface area contributed by atoms with Crippen LogP contribution in [0.1, 0.15) is 100 Å². The molecule has 1 fully saturated rings. The van der Waals surface area contributed by atoms with Crippen LogP contribution in [0.3, 0.4) is 0 Å². The first-order chi connectivity index (χ1) is 12.9. The molecule has 1 N–H and O–H groups in total. The number of hydrogen-bond donors (Lipinski definition) is 1. The zero-order valence-corrected chi connectivity index (χ0v) is 19.7. The number of allylic oxidation sites excluding steroid dienone is 4. The molecule has 0 amide bonds. The van der Waals surface area contributed by atoms with Crippen molar-refractivity contribution in [2.24, 2.45) is 10.8 Å². The Morgan fingerprint density at radius 1 is 1.11 bits per heavy atom. The van der Waals surface area contributed by atoms with Gasteiger partial charge in [-0.2, -0.15) is 0 Å². The van der Waals surface area contributed by atoms with Gasteiger partial charge in [0.1, 0.15) is 0 Å². The van der Waals surface area contributed by atoms with Crippen molar-refractivity contribution in [1.82, 2.24) is 0 Å². The van der Waals surface area contributed by atoms with Crippen molar-refractivity contribution in [2.45, 2.75) is 118 Å². The normalized spacial score (nSPS) is 33.8. The molecule has 160 valence electrons. The van der Waals surface area contributed by atoms with Gasteiger partial charge in [0.25, 0.3) is 0 Å². The fraction of sp³-hybridized carbons (Fsp3) is 0.769. The standard InChI is InChI=1S/2C13H22O/c1-10-6-5-8-12(3,4)13(10)9-7-11(2)14-13;1-10-6-5-9-13(3,4)12(10)8-7-11(2)14/h6,11H,5,7-9H2,1-4H3;6,8,11,14H,5,7,9H2,1-4H3/b;12-8+/t11-,13?;11-/m11/s1. The Bertz CT molecular complexity index is 633. The Labute approximate surface area is 174 Å². The summed E-state index contributed by atoms with van der Waals surface area (Å²) < 4.78 is 6.25. The van der Waals surface area contributed by atoms with Gasteiger partial charge in [-0.1, -0.05) is 51.5 Å². The van der Waals surface area contributed by atoms with Crippen molar-refractivity contribution < 1.29 is 9.84 Å². The molecule has 0 bridgehead atoms. The second kappa shape index (κ2) is 8.88. The van der Waals surface area contributed by atoms with Crippen LogP contribution in [0.15, 0.2) is 34.9 Å². The van der Waals surface area contributed by atoms with Crippen molar-refractivity contribution in [3.05, 3.63) is 34.9 Å². The highest BCUT2D eigenvalue weighted by Crippen LogP contribution is 2.53. The smallest absolute Gasteiger partial charge is 0.0944 e.